The zero-order valence-corrected chi connectivity index (χ0v) is 35.1. The lowest BCUT2D eigenvalue weighted by Gasteiger charge is -2.28. The third-order valence-corrected chi connectivity index (χ3v) is 9.22. The van der Waals surface area contributed by atoms with Gasteiger partial charge in [0.05, 0.1) is 27.7 Å². The Morgan fingerprint density at radius 1 is 0.585 bits per heavy atom. The molecule has 0 spiro atoms. The molecule has 0 N–H and O–H groups in total. The lowest BCUT2D eigenvalue weighted by molar-refractivity contribution is -0.870. The third-order valence-electron chi connectivity index (χ3n) is 8.26. The number of esters is 2. The third kappa shape index (κ3) is 39.2. The van der Waals surface area contributed by atoms with Gasteiger partial charge >= 0.3 is 11.9 Å². The van der Waals surface area contributed by atoms with E-state index in [0.29, 0.717) is 30.3 Å². The summed E-state index contributed by atoms with van der Waals surface area (Å²) in [6.07, 6.45) is 41.1. The summed E-state index contributed by atoms with van der Waals surface area (Å²) in [6.45, 7) is 4.07. The molecule has 0 radical (unpaired) electrons. The van der Waals surface area contributed by atoms with Crippen molar-refractivity contribution in [2.75, 3.05) is 47.5 Å². The largest absolute Gasteiger partial charge is 0.756 e. The van der Waals surface area contributed by atoms with Crippen molar-refractivity contribution in [1.82, 2.24) is 0 Å². The molecule has 0 fully saturated rings. The number of hydrogen-bond acceptors (Lipinski definition) is 8. The first kappa shape index (κ1) is 50.7. The number of allylic oxidation sites excluding steroid dienone is 10. The van der Waals surface area contributed by atoms with E-state index in [1.807, 2.05) is 27.2 Å². The second kappa shape index (κ2) is 35.4. The van der Waals surface area contributed by atoms with Gasteiger partial charge in [-0.3, -0.25) is 14.2 Å². The molecule has 0 aromatic carbocycles. The van der Waals surface area contributed by atoms with Crippen molar-refractivity contribution >= 4 is 19.8 Å². The molecule has 0 rings (SSSR count). The summed E-state index contributed by atoms with van der Waals surface area (Å²) in [6, 6.07) is 0. The van der Waals surface area contributed by atoms with E-state index in [9.17, 15) is 19.0 Å². The number of rotatable bonds is 36. The summed E-state index contributed by atoms with van der Waals surface area (Å²) in [4.78, 5) is 37.4. The normalized spacial score (nSPS) is 14.3. The van der Waals surface area contributed by atoms with Crippen molar-refractivity contribution in [3.63, 3.8) is 0 Å². The van der Waals surface area contributed by atoms with Crippen LogP contribution in [0.3, 0.4) is 0 Å². The number of likely N-dealkylation sites (N-methyl/N-ethyl adjacent to an activating group) is 1. The number of unbranched alkanes of at least 4 members (excludes halogenated alkanes) is 12. The second-order valence-corrected chi connectivity index (χ2v) is 16.1. The first-order valence-electron chi connectivity index (χ1n) is 20.5. The van der Waals surface area contributed by atoms with Gasteiger partial charge in [-0.05, 0) is 77.0 Å². The van der Waals surface area contributed by atoms with E-state index in [4.69, 9.17) is 18.5 Å². The maximum absolute atomic E-state index is 12.6. The average Bonchev–Trinajstić information content (AvgIpc) is 3.10. The van der Waals surface area contributed by atoms with E-state index in [1.165, 1.54) is 44.9 Å². The first-order valence-corrected chi connectivity index (χ1v) is 22.0. The van der Waals surface area contributed by atoms with Crippen LogP contribution in [0.25, 0.3) is 0 Å². The van der Waals surface area contributed by atoms with Gasteiger partial charge in [0.2, 0.25) is 0 Å². The highest BCUT2D eigenvalue weighted by Crippen LogP contribution is 2.38. The molecular weight excluding hydrogens is 689 g/mol. The number of quaternary nitrogens is 1. The second-order valence-electron chi connectivity index (χ2n) is 14.6. The minimum atomic E-state index is -4.64. The fraction of sp³-hybridized carbons (Fsp3) is 0.721. The quantitative estimate of drug-likeness (QED) is 0.0204. The minimum absolute atomic E-state index is 0.0447. The molecule has 9 nitrogen and oxygen atoms in total. The lowest BCUT2D eigenvalue weighted by atomic mass is 10.1. The van der Waals surface area contributed by atoms with E-state index >= 15 is 0 Å². The summed E-state index contributed by atoms with van der Waals surface area (Å²) in [5.74, 6) is -0.917. The van der Waals surface area contributed by atoms with Crippen LogP contribution >= 0.6 is 7.82 Å². The Labute approximate surface area is 324 Å². The molecule has 0 bridgehead atoms. The van der Waals surface area contributed by atoms with Crippen LogP contribution in [0, 0.1) is 0 Å². The van der Waals surface area contributed by atoms with Gasteiger partial charge in [0.15, 0.2) is 6.10 Å². The van der Waals surface area contributed by atoms with Gasteiger partial charge in [-0.25, -0.2) is 0 Å². The Bertz CT molecular complexity index is 1090. The highest BCUT2D eigenvalue weighted by Gasteiger charge is 2.21. The van der Waals surface area contributed by atoms with E-state index < -0.39 is 32.5 Å². The summed E-state index contributed by atoms with van der Waals surface area (Å²) in [5.41, 5.74) is 0. The predicted molar refractivity (Wildman–Crippen MR) is 217 cm³/mol. The van der Waals surface area contributed by atoms with Crippen molar-refractivity contribution in [1.29, 1.82) is 0 Å². The number of nitrogens with zero attached hydrogens (tertiary/aromatic N) is 1. The molecule has 0 aromatic rings. The Hall–Kier alpha value is -2.29. The lowest BCUT2D eigenvalue weighted by Crippen LogP contribution is -2.37. The van der Waals surface area contributed by atoms with Crippen LogP contribution in [0.2, 0.25) is 0 Å². The maximum atomic E-state index is 12.6. The minimum Gasteiger partial charge on any atom is -0.756 e. The van der Waals surface area contributed by atoms with Crippen molar-refractivity contribution in [2.45, 2.75) is 155 Å². The number of carbonyl (C=O) groups is 2. The number of hydrogen-bond donors (Lipinski definition) is 0. The summed E-state index contributed by atoms with van der Waals surface area (Å²) in [7, 11) is 1.12. The van der Waals surface area contributed by atoms with E-state index in [0.717, 1.165) is 57.8 Å². The summed E-state index contributed by atoms with van der Waals surface area (Å²) in [5, 5.41) is 0. The molecule has 0 heterocycles. The van der Waals surface area contributed by atoms with Crippen LogP contribution in [-0.2, 0) is 32.7 Å². The van der Waals surface area contributed by atoms with Crippen LogP contribution in [0.1, 0.15) is 149 Å². The van der Waals surface area contributed by atoms with Crippen LogP contribution in [0.5, 0.6) is 0 Å². The van der Waals surface area contributed by atoms with Crippen LogP contribution in [-0.4, -0.2) is 70.0 Å². The maximum Gasteiger partial charge on any atom is 0.306 e. The van der Waals surface area contributed by atoms with Gasteiger partial charge in [-0.2, -0.15) is 0 Å². The van der Waals surface area contributed by atoms with Crippen LogP contribution < -0.4 is 4.89 Å². The fourth-order valence-electron chi connectivity index (χ4n) is 4.99. The molecule has 1 unspecified atom stereocenters. The number of phosphoric ester groups is 1. The Morgan fingerprint density at radius 3 is 1.58 bits per heavy atom. The SMILES string of the molecule is CCCCC/C=C\C/C=C\C/C=C\C/C=C\CCCC(=O)O[C@H](COC(=O)CCCCCCC/C=C\CCCCC)COP(=O)([O-])OCC[N+](C)(C)C. The Balaban J connectivity index is 4.53. The van der Waals surface area contributed by atoms with E-state index in [-0.39, 0.29) is 26.1 Å². The molecule has 0 amide bonds. The van der Waals surface area contributed by atoms with E-state index in [2.05, 4.69) is 68.5 Å². The molecule has 0 saturated heterocycles. The molecule has 2 atom stereocenters. The number of phosphoric acid groups is 1. The first-order chi connectivity index (χ1) is 25.5. The smallest absolute Gasteiger partial charge is 0.306 e. The molecule has 306 valence electrons. The predicted octanol–water partition coefficient (Wildman–Crippen LogP) is 10.7. The highest BCUT2D eigenvalue weighted by atomic mass is 31.2. The molecule has 10 heteroatoms. The summed E-state index contributed by atoms with van der Waals surface area (Å²) < 4.78 is 33.7. The van der Waals surface area contributed by atoms with Gasteiger partial charge in [-0.15, -0.1) is 0 Å². The van der Waals surface area contributed by atoms with Crippen LogP contribution in [0.4, 0.5) is 0 Å². The molecule has 0 aliphatic carbocycles. The Morgan fingerprint density at radius 2 is 1.04 bits per heavy atom. The molecule has 53 heavy (non-hydrogen) atoms. The van der Waals surface area contributed by atoms with Gasteiger partial charge in [0, 0.05) is 12.8 Å². The Kier molecular flexibility index (Phi) is 33.9. The van der Waals surface area contributed by atoms with E-state index in [1.54, 1.807) is 0 Å². The number of carbonyl (C=O) groups excluding carboxylic acids is 2. The molecular formula is C43H76NO8P. The van der Waals surface area contributed by atoms with Gasteiger partial charge in [-0.1, -0.05) is 120 Å². The zero-order valence-electron chi connectivity index (χ0n) is 34.2. The molecule has 0 aliphatic rings. The van der Waals surface area contributed by atoms with Crippen molar-refractivity contribution in [3.8, 4) is 0 Å². The molecule has 0 saturated carbocycles. The monoisotopic (exact) mass is 766 g/mol. The van der Waals surface area contributed by atoms with Crippen molar-refractivity contribution in [2.24, 2.45) is 0 Å². The standard InChI is InChI=1S/C43H76NO8P/c1-6-8-10-12-14-16-18-20-21-22-23-24-26-28-30-32-34-36-43(46)52-41(40-51-53(47,48)50-38-37-44(3,4)5)39-49-42(45)35-33-31-29-27-25-19-17-15-13-11-9-7-2/h14-17,20-21,23-24,28,30,41H,6-13,18-19,22,25-27,29,31-40H2,1-5H3/b16-14-,17-15-,21-20-,24-23-,30-28-/t41-/m1/s1. The fourth-order valence-corrected chi connectivity index (χ4v) is 5.72. The topological polar surface area (TPSA) is 111 Å². The van der Waals surface area contributed by atoms with Gasteiger partial charge in [0.25, 0.3) is 7.82 Å². The van der Waals surface area contributed by atoms with Crippen molar-refractivity contribution in [3.05, 3.63) is 60.8 Å². The molecule has 0 aliphatic heterocycles. The van der Waals surface area contributed by atoms with Gasteiger partial charge in [0.1, 0.15) is 19.8 Å². The molecule has 0 aromatic heterocycles. The zero-order chi connectivity index (χ0) is 39.3. The summed E-state index contributed by atoms with van der Waals surface area (Å²) >= 11 is 0. The average molecular weight is 766 g/mol. The van der Waals surface area contributed by atoms with Crippen molar-refractivity contribution < 1.29 is 42.1 Å². The van der Waals surface area contributed by atoms with Gasteiger partial charge < -0.3 is 27.9 Å². The number of ether oxygens (including phenoxy) is 2. The van der Waals surface area contributed by atoms with Crippen LogP contribution in [0.15, 0.2) is 60.8 Å². The highest BCUT2D eigenvalue weighted by molar-refractivity contribution is 7.45.